The monoisotopic (exact) mass is 240 g/mol. The van der Waals surface area contributed by atoms with E-state index in [0.717, 1.165) is 12.1 Å². The van der Waals surface area contributed by atoms with Crippen molar-refractivity contribution in [3.8, 4) is 0 Å². The van der Waals surface area contributed by atoms with E-state index in [4.69, 9.17) is 11.6 Å². The van der Waals surface area contributed by atoms with Crippen molar-refractivity contribution in [3.63, 3.8) is 0 Å². The number of alkyl halides is 4. The lowest BCUT2D eigenvalue weighted by Gasteiger charge is -2.07. The molecule has 0 N–H and O–H groups in total. The summed E-state index contributed by atoms with van der Waals surface area (Å²) in [6.07, 6.45) is -4.27. The van der Waals surface area contributed by atoms with E-state index >= 15 is 0 Å². The van der Waals surface area contributed by atoms with Crippen molar-refractivity contribution >= 4 is 23.4 Å². The van der Waals surface area contributed by atoms with Crippen molar-refractivity contribution in [2.75, 3.05) is 11.6 Å². The fraction of sp³-hybridized carbons (Fsp3) is 0.333. The van der Waals surface area contributed by atoms with Gasteiger partial charge in [0.15, 0.2) is 0 Å². The molecule has 78 valence electrons. The van der Waals surface area contributed by atoms with Crippen molar-refractivity contribution in [3.05, 3.63) is 29.8 Å². The number of rotatable bonds is 3. The van der Waals surface area contributed by atoms with Gasteiger partial charge in [-0.05, 0) is 18.2 Å². The molecular formula is C9H8ClF3S. The minimum atomic E-state index is -4.27. The second kappa shape index (κ2) is 4.94. The molecule has 0 atom stereocenters. The fourth-order valence-corrected chi connectivity index (χ4v) is 1.85. The normalized spacial score (nSPS) is 11.7. The Bertz CT molecular complexity index is 298. The van der Waals surface area contributed by atoms with Crippen LogP contribution in [0.4, 0.5) is 13.2 Å². The molecule has 0 aliphatic carbocycles. The molecule has 1 aromatic rings. The Morgan fingerprint density at radius 1 is 1.29 bits per heavy atom. The maximum Gasteiger partial charge on any atom is 0.416 e. The quantitative estimate of drug-likeness (QED) is 0.568. The molecule has 1 aromatic carbocycles. The highest BCUT2D eigenvalue weighted by Crippen LogP contribution is 2.31. The van der Waals surface area contributed by atoms with Gasteiger partial charge in [0, 0.05) is 16.5 Å². The molecule has 0 aliphatic rings. The summed E-state index contributed by atoms with van der Waals surface area (Å²) in [6.45, 7) is 0. The largest absolute Gasteiger partial charge is 0.416 e. The summed E-state index contributed by atoms with van der Waals surface area (Å²) in [4.78, 5) is 0.598. The SMILES string of the molecule is FC(F)(F)c1cccc(SCCCl)c1. The molecule has 0 radical (unpaired) electrons. The molecule has 14 heavy (non-hydrogen) atoms. The lowest BCUT2D eigenvalue weighted by Crippen LogP contribution is -2.04. The first-order chi connectivity index (χ1) is 6.54. The van der Waals surface area contributed by atoms with Gasteiger partial charge >= 0.3 is 6.18 Å². The van der Waals surface area contributed by atoms with Crippen LogP contribution in [0.2, 0.25) is 0 Å². The maximum absolute atomic E-state index is 12.3. The maximum atomic E-state index is 12.3. The Labute approximate surface area is 89.4 Å². The smallest absolute Gasteiger partial charge is 0.166 e. The van der Waals surface area contributed by atoms with Crippen molar-refractivity contribution in [1.29, 1.82) is 0 Å². The Morgan fingerprint density at radius 2 is 2.00 bits per heavy atom. The van der Waals surface area contributed by atoms with Crippen LogP contribution in [-0.2, 0) is 6.18 Å². The minimum absolute atomic E-state index is 0.431. The van der Waals surface area contributed by atoms with Gasteiger partial charge in [0.2, 0.25) is 0 Å². The molecule has 0 saturated heterocycles. The van der Waals surface area contributed by atoms with Gasteiger partial charge in [0.05, 0.1) is 5.56 Å². The fourth-order valence-electron chi connectivity index (χ4n) is 0.919. The van der Waals surface area contributed by atoms with E-state index in [2.05, 4.69) is 0 Å². The minimum Gasteiger partial charge on any atom is -0.166 e. The van der Waals surface area contributed by atoms with Crippen molar-refractivity contribution in [1.82, 2.24) is 0 Å². The van der Waals surface area contributed by atoms with Gasteiger partial charge in [-0.1, -0.05) is 6.07 Å². The molecule has 0 amide bonds. The number of benzene rings is 1. The van der Waals surface area contributed by atoms with Crippen LogP contribution in [0, 0.1) is 0 Å². The standard InChI is InChI=1S/C9H8ClF3S/c10-4-5-14-8-3-1-2-7(6-8)9(11,12)13/h1-3,6H,4-5H2. The molecule has 0 nitrogen and oxygen atoms in total. The van der Waals surface area contributed by atoms with E-state index < -0.39 is 11.7 Å². The Hall–Kier alpha value is -0.350. The van der Waals surface area contributed by atoms with Crippen LogP contribution in [0.15, 0.2) is 29.2 Å². The van der Waals surface area contributed by atoms with E-state index in [1.165, 1.54) is 17.8 Å². The highest BCUT2D eigenvalue weighted by molar-refractivity contribution is 7.99. The summed E-state index contributed by atoms with van der Waals surface area (Å²) in [7, 11) is 0. The molecule has 1 rings (SSSR count). The van der Waals surface area contributed by atoms with Gasteiger partial charge < -0.3 is 0 Å². The van der Waals surface area contributed by atoms with E-state index in [0.29, 0.717) is 16.5 Å². The Morgan fingerprint density at radius 3 is 2.57 bits per heavy atom. The van der Waals surface area contributed by atoms with Crippen LogP contribution in [0.5, 0.6) is 0 Å². The molecule has 0 fully saturated rings. The van der Waals surface area contributed by atoms with Crippen LogP contribution in [0.3, 0.4) is 0 Å². The zero-order valence-electron chi connectivity index (χ0n) is 7.14. The Balaban J connectivity index is 2.79. The van der Waals surface area contributed by atoms with Gasteiger partial charge in [0.25, 0.3) is 0 Å². The molecule has 5 heteroatoms. The lowest BCUT2D eigenvalue weighted by molar-refractivity contribution is -0.137. The average Bonchev–Trinajstić information content (AvgIpc) is 2.14. The van der Waals surface area contributed by atoms with Crippen molar-refractivity contribution in [2.24, 2.45) is 0 Å². The number of halogens is 4. The zero-order chi connectivity index (χ0) is 10.6. The molecule has 0 bridgehead atoms. The summed E-state index contributed by atoms with van der Waals surface area (Å²) in [6, 6.07) is 5.24. The molecule has 0 spiro atoms. The second-order valence-corrected chi connectivity index (χ2v) is 4.11. The van der Waals surface area contributed by atoms with Crippen LogP contribution < -0.4 is 0 Å². The summed E-state index contributed by atoms with van der Waals surface area (Å²) >= 11 is 6.76. The Kier molecular flexibility index (Phi) is 4.13. The topological polar surface area (TPSA) is 0 Å². The summed E-state index contributed by atoms with van der Waals surface area (Å²) in [5, 5.41) is 0. The van der Waals surface area contributed by atoms with Gasteiger partial charge in [-0.15, -0.1) is 23.4 Å². The molecular weight excluding hydrogens is 233 g/mol. The van der Waals surface area contributed by atoms with Crippen LogP contribution in [0.25, 0.3) is 0 Å². The van der Waals surface area contributed by atoms with Crippen LogP contribution >= 0.6 is 23.4 Å². The first-order valence-corrected chi connectivity index (χ1v) is 5.42. The first kappa shape index (κ1) is 11.7. The van der Waals surface area contributed by atoms with E-state index in [1.54, 1.807) is 6.07 Å². The van der Waals surface area contributed by atoms with E-state index in [9.17, 15) is 13.2 Å². The van der Waals surface area contributed by atoms with Gasteiger partial charge in [-0.25, -0.2) is 0 Å². The number of hydrogen-bond acceptors (Lipinski definition) is 1. The van der Waals surface area contributed by atoms with Gasteiger partial charge in [0.1, 0.15) is 0 Å². The van der Waals surface area contributed by atoms with Crippen molar-refractivity contribution < 1.29 is 13.2 Å². The van der Waals surface area contributed by atoms with Crippen LogP contribution in [-0.4, -0.2) is 11.6 Å². The van der Waals surface area contributed by atoms with E-state index in [1.807, 2.05) is 0 Å². The highest BCUT2D eigenvalue weighted by atomic mass is 35.5. The zero-order valence-corrected chi connectivity index (χ0v) is 8.72. The van der Waals surface area contributed by atoms with E-state index in [-0.39, 0.29) is 0 Å². The summed E-state index contributed by atoms with van der Waals surface area (Å²) in [5.41, 5.74) is -0.614. The predicted octanol–water partition coefficient (Wildman–Crippen LogP) is 4.04. The summed E-state index contributed by atoms with van der Waals surface area (Å²) in [5.74, 6) is 1.05. The van der Waals surface area contributed by atoms with Gasteiger partial charge in [-0.2, -0.15) is 13.2 Å². The third kappa shape index (κ3) is 3.42. The number of thioether (sulfide) groups is 1. The third-order valence-electron chi connectivity index (χ3n) is 1.51. The molecule has 0 heterocycles. The average molecular weight is 241 g/mol. The molecule has 0 aliphatic heterocycles. The summed E-state index contributed by atoms with van der Waals surface area (Å²) < 4.78 is 36.8. The third-order valence-corrected chi connectivity index (χ3v) is 2.92. The van der Waals surface area contributed by atoms with Crippen LogP contribution in [0.1, 0.15) is 5.56 Å². The number of hydrogen-bond donors (Lipinski definition) is 0. The first-order valence-electron chi connectivity index (χ1n) is 3.90. The second-order valence-electron chi connectivity index (χ2n) is 2.56. The lowest BCUT2D eigenvalue weighted by atomic mass is 10.2. The predicted molar refractivity (Wildman–Crippen MR) is 52.9 cm³/mol. The molecule has 0 aromatic heterocycles. The van der Waals surface area contributed by atoms with Crippen molar-refractivity contribution in [2.45, 2.75) is 11.1 Å². The molecule has 0 saturated carbocycles. The molecule has 0 unspecified atom stereocenters. The highest BCUT2D eigenvalue weighted by Gasteiger charge is 2.30. The van der Waals surface area contributed by atoms with Gasteiger partial charge in [-0.3, -0.25) is 0 Å².